The van der Waals surface area contributed by atoms with E-state index in [1.54, 1.807) is 36.3 Å². The van der Waals surface area contributed by atoms with E-state index in [-0.39, 0.29) is 18.4 Å². The number of nitrogens with one attached hydrogen (secondary N) is 2. The highest BCUT2D eigenvalue weighted by molar-refractivity contribution is 6.07. The molecule has 6 heteroatoms. The van der Waals surface area contributed by atoms with Crippen LogP contribution in [0.1, 0.15) is 17.3 Å². The zero-order valence-corrected chi connectivity index (χ0v) is 11.6. The SMILES string of the molecule is CCN(C)C(=O)CNC(=O)c1c[nH]c2cc(N)ccc12. The Labute approximate surface area is 116 Å². The van der Waals surface area contributed by atoms with Gasteiger partial charge in [0, 0.05) is 36.4 Å². The molecule has 1 aromatic carbocycles. The van der Waals surface area contributed by atoms with Crippen molar-refractivity contribution in [2.75, 3.05) is 25.9 Å². The number of fused-ring (bicyclic) bond motifs is 1. The Hall–Kier alpha value is -2.50. The average molecular weight is 274 g/mol. The summed E-state index contributed by atoms with van der Waals surface area (Å²) in [7, 11) is 1.70. The zero-order valence-electron chi connectivity index (χ0n) is 11.6. The van der Waals surface area contributed by atoms with Gasteiger partial charge in [-0.1, -0.05) is 0 Å². The molecule has 0 unspecified atom stereocenters. The van der Waals surface area contributed by atoms with E-state index >= 15 is 0 Å². The molecule has 6 nitrogen and oxygen atoms in total. The molecule has 0 aliphatic carbocycles. The molecule has 2 amide bonds. The van der Waals surface area contributed by atoms with Gasteiger partial charge in [-0.2, -0.15) is 0 Å². The number of nitrogens with zero attached hydrogens (tertiary/aromatic N) is 1. The van der Waals surface area contributed by atoms with Crippen LogP contribution < -0.4 is 11.1 Å². The summed E-state index contributed by atoms with van der Waals surface area (Å²) in [5, 5.41) is 3.41. The van der Waals surface area contributed by atoms with Gasteiger partial charge in [-0.15, -0.1) is 0 Å². The minimum atomic E-state index is -0.279. The molecule has 1 heterocycles. The first kappa shape index (κ1) is 13.9. The van der Waals surface area contributed by atoms with Gasteiger partial charge >= 0.3 is 0 Å². The smallest absolute Gasteiger partial charge is 0.253 e. The Balaban J connectivity index is 2.10. The Morgan fingerprint density at radius 3 is 2.85 bits per heavy atom. The second kappa shape index (κ2) is 5.64. The summed E-state index contributed by atoms with van der Waals surface area (Å²) in [6.07, 6.45) is 1.62. The van der Waals surface area contributed by atoms with Crippen LogP contribution in [0.25, 0.3) is 10.9 Å². The number of hydrogen-bond donors (Lipinski definition) is 3. The van der Waals surface area contributed by atoms with Gasteiger partial charge in [0.15, 0.2) is 0 Å². The third-order valence-corrected chi connectivity index (χ3v) is 3.25. The Kier molecular flexibility index (Phi) is 3.93. The average Bonchev–Trinajstić information content (AvgIpc) is 2.86. The summed E-state index contributed by atoms with van der Waals surface area (Å²) in [5.41, 5.74) is 7.62. The maximum absolute atomic E-state index is 12.1. The number of hydrogen-bond acceptors (Lipinski definition) is 3. The highest BCUT2D eigenvalue weighted by atomic mass is 16.2. The number of amides is 2. The van der Waals surface area contributed by atoms with Crippen LogP contribution in [0.15, 0.2) is 24.4 Å². The first-order chi connectivity index (χ1) is 9.52. The van der Waals surface area contributed by atoms with Crippen LogP contribution in [0, 0.1) is 0 Å². The molecule has 0 atom stereocenters. The van der Waals surface area contributed by atoms with Crippen molar-refractivity contribution in [2.45, 2.75) is 6.92 Å². The van der Waals surface area contributed by atoms with Crippen molar-refractivity contribution < 1.29 is 9.59 Å². The van der Waals surface area contributed by atoms with E-state index in [1.807, 2.05) is 6.92 Å². The van der Waals surface area contributed by atoms with E-state index in [1.165, 1.54) is 0 Å². The van der Waals surface area contributed by atoms with Crippen LogP contribution in [0.5, 0.6) is 0 Å². The molecule has 1 aromatic heterocycles. The second-order valence-corrected chi connectivity index (χ2v) is 4.60. The van der Waals surface area contributed by atoms with Crippen molar-refractivity contribution in [3.05, 3.63) is 30.0 Å². The molecule has 2 aromatic rings. The van der Waals surface area contributed by atoms with Gasteiger partial charge in [-0.25, -0.2) is 0 Å². The summed E-state index contributed by atoms with van der Waals surface area (Å²) in [5.74, 6) is -0.399. The summed E-state index contributed by atoms with van der Waals surface area (Å²) >= 11 is 0. The Morgan fingerprint density at radius 1 is 1.40 bits per heavy atom. The van der Waals surface area contributed by atoms with Crippen LogP contribution >= 0.6 is 0 Å². The number of anilines is 1. The van der Waals surface area contributed by atoms with Crippen LogP contribution in [0.2, 0.25) is 0 Å². The van der Waals surface area contributed by atoms with Crippen molar-refractivity contribution in [3.8, 4) is 0 Å². The van der Waals surface area contributed by atoms with E-state index in [2.05, 4.69) is 10.3 Å². The third-order valence-electron chi connectivity index (χ3n) is 3.25. The predicted octanol–water partition coefficient (Wildman–Crippen LogP) is 0.958. The van der Waals surface area contributed by atoms with Crippen LogP contribution in [0.3, 0.4) is 0 Å². The molecule has 0 bridgehead atoms. The molecular formula is C14H18N4O2. The molecule has 2 rings (SSSR count). The van der Waals surface area contributed by atoms with Crippen LogP contribution in [-0.2, 0) is 4.79 Å². The number of carbonyl (C=O) groups is 2. The van der Waals surface area contributed by atoms with Gasteiger partial charge in [-0.3, -0.25) is 9.59 Å². The molecule has 20 heavy (non-hydrogen) atoms. The molecule has 0 fully saturated rings. The van der Waals surface area contributed by atoms with Crippen LogP contribution in [0.4, 0.5) is 5.69 Å². The summed E-state index contributed by atoms with van der Waals surface area (Å²) in [4.78, 5) is 28.3. The summed E-state index contributed by atoms with van der Waals surface area (Å²) < 4.78 is 0. The number of nitrogens with two attached hydrogens (primary N) is 1. The third kappa shape index (κ3) is 2.74. The lowest BCUT2D eigenvalue weighted by Gasteiger charge is -2.14. The molecule has 106 valence electrons. The van der Waals surface area contributed by atoms with Crippen molar-refractivity contribution in [2.24, 2.45) is 0 Å². The monoisotopic (exact) mass is 274 g/mol. The van der Waals surface area contributed by atoms with Crippen molar-refractivity contribution >= 4 is 28.4 Å². The summed E-state index contributed by atoms with van der Waals surface area (Å²) in [6, 6.07) is 5.29. The molecule has 0 spiro atoms. The molecule has 0 aliphatic rings. The molecular weight excluding hydrogens is 256 g/mol. The quantitative estimate of drug-likeness (QED) is 0.725. The van der Waals surface area contributed by atoms with Gasteiger partial charge in [0.05, 0.1) is 12.1 Å². The Bertz CT molecular complexity index is 648. The zero-order chi connectivity index (χ0) is 14.7. The number of carbonyl (C=O) groups excluding carboxylic acids is 2. The maximum Gasteiger partial charge on any atom is 0.253 e. The first-order valence-electron chi connectivity index (χ1n) is 6.41. The van der Waals surface area contributed by atoms with Crippen molar-refractivity contribution in [1.29, 1.82) is 0 Å². The lowest BCUT2D eigenvalue weighted by molar-refractivity contribution is -0.128. The molecule has 4 N–H and O–H groups in total. The molecule has 0 saturated heterocycles. The molecule has 0 saturated carbocycles. The Morgan fingerprint density at radius 2 is 2.15 bits per heavy atom. The largest absolute Gasteiger partial charge is 0.399 e. The lowest BCUT2D eigenvalue weighted by Crippen LogP contribution is -2.37. The fourth-order valence-corrected chi connectivity index (χ4v) is 1.89. The van der Waals surface area contributed by atoms with E-state index in [4.69, 9.17) is 5.73 Å². The van der Waals surface area contributed by atoms with Gasteiger partial charge in [0.2, 0.25) is 5.91 Å². The number of aromatic amines is 1. The minimum Gasteiger partial charge on any atom is -0.399 e. The fraction of sp³-hybridized carbons (Fsp3) is 0.286. The van der Waals surface area contributed by atoms with Gasteiger partial charge in [0.1, 0.15) is 0 Å². The lowest BCUT2D eigenvalue weighted by atomic mass is 10.1. The number of rotatable bonds is 4. The molecule has 0 radical (unpaired) electrons. The summed E-state index contributed by atoms with van der Waals surface area (Å²) in [6.45, 7) is 2.48. The highest BCUT2D eigenvalue weighted by Gasteiger charge is 2.14. The number of likely N-dealkylation sites (N-methyl/N-ethyl adjacent to an activating group) is 1. The van der Waals surface area contributed by atoms with E-state index in [9.17, 15) is 9.59 Å². The predicted molar refractivity (Wildman–Crippen MR) is 78.4 cm³/mol. The second-order valence-electron chi connectivity index (χ2n) is 4.60. The standard InChI is InChI=1S/C14H18N4O2/c1-3-18(2)13(19)8-17-14(20)11-7-16-12-6-9(15)4-5-10(11)12/h4-7,16H,3,8,15H2,1-2H3,(H,17,20). The van der Waals surface area contributed by atoms with Crippen LogP contribution in [-0.4, -0.2) is 41.8 Å². The normalized spacial score (nSPS) is 10.5. The van der Waals surface area contributed by atoms with Gasteiger partial charge in [-0.05, 0) is 25.1 Å². The fourth-order valence-electron chi connectivity index (χ4n) is 1.89. The first-order valence-corrected chi connectivity index (χ1v) is 6.41. The highest BCUT2D eigenvalue weighted by Crippen LogP contribution is 2.20. The van der Waals surface area contributed by atoms with E-state index in [0.29, 0.717) is 17.8 Å². The number of H-pyrrole nitrogens is 1. The molecule has 0 aliphatic heterocycles. The van der Waals surface area contributed by atoms with Crippen molar-refractivity contribution in [1.82, 2.24) is 15.2 Å². The van der Waals surface area contributed by atoms with Crippen molar-refractivity contribution in [3.63, 3.8) is 0 Å². The van der Waals surface area contributed by atoms with Gasteiger partial charge in [0.25, 0.3) is 5.91 Å². The van der Waals surface area contributed by atoms with E-state index < -0.39 is 0 Å². The van der Waals surface area contributed by atoms with Gasteiger partial charge < -0.3 is 20.9 Å². The topological polar surface area (TPSA) is 91.2 Å². The number of aromatic nitrogens is 1. The minimum absolute atomic E-state index is 0.00911. The number of benzene rings is 1. The van der Waals surface area contributed by atoms with E-state index in [0.717, 1.165) is 10.9 Å². The number of nitrogen functional groups attached to an aromatic ring is 1. The maximum atomic E-state index is 12.1.